The van der Waals surface area contributed by atoms with Gasteiger partial charge in [0.15, 0.2) is 11.4 Å². The Hall–Kier alpha value is -4.23. The van der Waals surface area contributed by atoms with Crippen molar-refractivity contribution in [1.82, 2.24) is 19.6 Å². The quantitative estimate of drug-likeness (QED) is 0.278. The summed E-state index contributed by atoms with van der Waals surface area (Å²) in [5, 5.41) is 2.64. The standard InChI is InChI=1S/C25H23F5N4O5/c1-13-9-19(38-12-16-17(26)6-3-7-18(16)27)21-32-14(2)20(34(21)11-13)22(35)31-10-15-5-4-8-33(15)24(37)39-23(36)25(28,29)30/h3,6-7,9,11,15H,4-5,8,10,12H2,1-2H3,(H,31,35)/t15-/m1/s1. The number of aromatic nitrogens is 2. The van der Waals surface area contributed by atoms with E-state index in [1.807, 2.05) is 0 Å². The molecule has 2 aromatic heterocycles. The van der Waals surface area contributed by atoms with Crippen LogP contribution < -0.4 is 10.1 Å². The van der Waals surface area contributed by atoms with Crippen molar-refractivity contribution >= 4 is 23.6 Å². The van der Waals surface area contributed by atoms with Gasteiger partial charge in [-0.05, 0) is 50.5 Å². The van der Waals surface area contributed by atoms with E-state index in [0.717, 1.165) is 17.0 Å². The van der Waals surface area contributed by atoms with Crippen molar-refractivity contribution in [1.29, 1.82) is 0 Å². The van der Waals surface area contributed by atoms with E-state index in [-0.39, 0.29) is 35.7 Å². The molecule has 1 aromatic carbocycles. The van der Waals surface area contributed by atoms with Crippen LogP contribution in [0, 0.1) is 25.5 Å². The van der Waals surface area contributed by atoms with Crippen molar-refractivity contribution < 1.29 is 45.8 Å². The van der Waals surface area contributed by atoms with Crippen LogP contribution in [0.2, 0.25) is 0 Å². The lowest BCUT2D eigenvalue weighted by atomic mass is 10.2. The summed E-state index contributed by atoms with van der Waals surface area (Å²) < 4.78 is 76.4. The second kappa shape index (κ2) is 10.9. The van der Waals surface area contributed by atoms with E-state index < -0.39 is 48.4 Å². The summed E-state index contributed by atoms with van der Waals surface area (Å²) in [5.74, 6) is -4.58. The normalized spacial score (nSPS) is 15.5. The number of alkyl halides is 3. The number of aryl methyl sites for hydroxylation is 2. The molecule has 0 radical (unpaired) electrons. The van der Waals surface area contributed by atoms with Gasteiger partial charge < -0.3 is 19.7 Å². The fraction of sp³-hybridized carbons (Fsp3) is 0.360. The number of nitrogens with zero attached hydrogens (tertiary/aromatic N) is 3. The first-order valence-electron chi connectivity index (χ1n) is 11.8. The van der Waals surface area contributed by atoms with Crippen LogP contribution in [-0.4, -0.2) is 57.6 Å². The van der Waals surface area contributed by atoms with Crippen LogP contribution >= 0.6 is 0 Å². The van der Waals surface area contributed by atoms with Crippen molar-refractivity contribution in [3.8, 4) is 5.75 Å². The number of esters is 1. The Balaban J connectivity index is 1.49. The molecule has 0 bridgehead atoms. The summed E-state index contributed by atoms with van der Waals surface area (Å²) in [6.45, 7) is 2.80. The predicted octanol–water partition coefficient (Wildman–Crippen LogP) is 4.23. The SMILES string of the molecule is Cc1cc(OCc2c(F)cccc2F)c2nc(C)c(C(=O)NC[C@H]3CCCN3C(=O)OC(=O)C(F)(F)F)n2c1. The summed E-state index contributed by atoms with van der Waals surface area (Å²) in [7, 11) is 0. The minimum Gasteiger partial charge on any atom is -0.485 e. The van der Waals surface area contributed by atoms with Crippen LogP contribution in [-0.2, 0) is 16.1 Å². The maximum absolute atomic E-state index is 14.0. The van der Waals surface area contributed by atoms with Crippen molar-refractivity contribution in [2.24, 2.45) is 0 Å². The van der Waals surface area contributed by atoms with Crippen LogP contribution in [0.15, 0.2) is 30.5 Å². The number of pyridine rings is 1. The van der Waals surface area contributed by atoms with Gasteiger partial charge in [-0.1, -0.05) is 6.07 Å². The van der Waals surface area contributed by atoms with Crippen molar-refractivity contribution in [2.45, 2.75) is 45.5 Å². The molecular weight excluding hydrogens is 531 g/mol. The molecule has 1 aliphatic heterocycles. The highest BCUT2D eigenvalue weighted by atomic mass is 19.4. The van der Waals surface area contributed by atoms with Crippen molar-refractivity contribution in [2.75, 3.05) is 13.1 Å². The van der Waals surface area contributed by atoms with E-state index in [4.69, 9.17) is 4.74 Å². The van der Waals surface area contributed by atoms with Crippen LogP contribution in [0.5, 0.6) is 5.75 Å². The molecule has 0 aliphatic carbocycles. The number of carbonyl (C=O) groups excluding carboxylic acids is 3. The lowest BCUT2D eigenvalue weighted by molar-refractivity contribution is -0.193. The zero-order valence-electron chi connectivity index (χ0n) is 20.8. The number of halogens is 5. The number of benzene rings is 1. The summed E-state index contributed by atoms with van der Waals surface area (Å²) in [6.07, 6.45) is -4.34. The van der Waals surface area contributed by atoms with Crippen LogP contribution in [0.3, 0.4) is 0 Å². The van der Waals surface area contributed by atoms with Crippen LogP contribution in [0.4, 0.5) is 26.7 Å². The van der Waals surface area contributed by atoms with E-state index >= 15 is 0 Å². The zero-order chi connectivity index (χ0) is 28.5. The first-order chi connectivity index (χ1) is 18.4. The Morgan fingerprint density at radius 2 is 1.85 bits per heavy atom. The van der Waals surface area contributed by atoms with Crippen molar-refractivity contribution in [3.05, 3.63) is 64.6 Å². The average Bonchev–Trinajstić information content (AvgIpc) is 3.45. The zero-order valence-corrected chi connectivity index (χ0v) is 20.8. The fourth-order valence-corrected chi connectivity index (χ4v) is 4.34. The van der Waals surface area contributed by atoms with Gasteiger partial charge in [-0.25, -0.2) is 23.4 Å². The van der Waals surface area contributed by atoms with Crippen LogP contribution in [0.25, 0.3) is 5.65 Å². The fourth-order valence-electron chi connectivity index (χ4n) is 4.34. The third kappa shape index (κ3) is 5.94. The van der Waals surface area contributed by atoms with E-state index in [1.54, 1.807) is 26.1 Å². The molecule has 14 heteroatoms. The van der Waals surface area contributed by atoms with Gasteiger partial charge >= 0.3 is 18.2 Å². The maximum Gasteiger partial charge on any atom is 0.491 e. The average molecular weight is 554 g/mol. The molecule has 208 valence electrons. The summed E-state index contributed by atoms with van der Waals surface area (Å²) in [5.41, 5.74) is 1.03. The molecule has 3 aromatic rings. The minimum atomic E-state index is -5.32. The third-order valence-electron chi connectivity index (χ3n) is 6.17. The molecule has 4 rings (SSSR count). The van der Waals surface area contributed by atoms with Gasteiger partial charge in [-0.2, -0.15) is 13.2 Å². The van der Waals surface area contributed by atoms with E-state index in [0.29, 0.717) is 24.1 Å². The molecule has 3 heterocycles. The molecule has 0 spiro atoms. The Morgan fingerprint density at radius 3 is 2.51 bits per heavy atom. The largest absolute Gasteiger partial charge is 0.491 e. The topological polar surface area (TPSA) is 102 Å². The van der Waals surface area contributed by atoms with Crippen molar-refractivity contribution in [3.63, 3.8) is 0 Å². The molecule has 0 unspecified atom stereocenters. The second-order valence-electron chi connectivity index (χ2n) is 8.96. The Bertz CT molecular complexity index is 1420. The highest BCUT2D eigenvalue weighted by molar-refractivity contribution is 5.95. The smallest absolute Gasteiger partial charge is 0.485 e. The molecule has 1 aliphatic rings. The highest BCUT2D eigenvalue weighted by Gasteiger charge is 2.44. The molecule has 39 heavy (non-hydrogen) atoms. The predicted molar refractivity (Wildman–Crippen MR) is 125 cm³/mol. The molecule has 1 saturated heterocycles. The van der Waals surface area contributed by atoms with Crippen LogP contribution in [0.1, 0.15) is 40.2 Å². The van der Waals surface area contributed by atoms with Gasteiger partial charge in [0, 0.05) is 19.3 Å². The summed E-state index contributed by atoms with van der Waals surface area (Å²) >= 11 is 0. The number of rotatable bonds is 6. The molecule has 1 atom stereocenters. The minimum absolute atomic E-state index is 0.0572. The molecular formula is C25H23F5N4O5. The number of ether oxygens (including phenoxy) is 2. The summed E-state index contributed by atoms with van der Waals surface area (Å²) in [6, 6.07) is 4.35. The van der Waals surface area contributed by atoms with E-state index in [2.05, 4.69) is 15.0 Å². The lowest BCUT2D eigenvalue weighted by Gasteiger charge is -2.23. The van der Waals surface area contributed by atoms with E-state index in [9.17, 15) is 36.3 Å². The second-order valence-corrected chi connectivity index (χ2v) is 8.96. The first kappa shape index (κ1) is 27.8. The Labute approximate surface area is 218 Å². The number of likely N-dealkylation sites (tertiary alicyclic amines) is 1. The van der Waals surface area contributed by atoms with Gasteiger partial charge in [-0.15, -0.1) is 0 Å². The van der Waals surface area contributed by atoms with Gasteiger partial charge in [0.2, 0.25) is 0 Å². The number of amides is 2. The Kier molecular flexibility index (Phi) is 7.74. The number of imidazole rings is 1. The highest BCUT2D eigenvalue weighted by Crippen LogP contribution is 2.26. The number of hydrogen-bond acceptors (Lipinski definition) is 6. The number of hydrogen-bond donors (Lipinski definition) is 1. The molecule has 9 nitrogen and oxygen atoms in total. The van der Waals surface area contributed by atoms with Gasteiger partial charge in [-0.3, -0.25) is 9.20 Å². The maximum atomic E-state index is 14.0. The third-order valence-corrected chi connectivity index (χ3v) is 6.17. The van der Waals surface area contributed by atoms with Gasteiger partial charge in [0.05, 0.1) is 17.3 Å². The Morgan fingerprint density at radius 1 is 1.15 bits per heavy atom. The van der Waals surface area contributed by atoms with Gasteiger partial charge in [0.25, 0.3) is 5.91 Å². The molecule has 1 N–H and O–H groups in total. The van der Waals surface area contributed by atoms with E-state index in [1.165, 1.54) is 10.5 Å². The first-order valence-corrected chi connectivity index (χ1v) is 11.8. The molecule has 0 saturated carbocycles. The van der Waals surface area contributed by atoms with Gasteiger partial charge in [0.1, 0.15) is 23.9 Å². The number of fused-ring (bicyclic) bond motifs is 1. The molecule has 1 fully saturated rings. The summed E-state index contributed by atoms with van der Waals surface area (Å²) in [4.78, 5) is 41.6. The lowest BCUT2D eigenvalue weighted by Crippen LogP contribution is -2.45. The number of carbonyl (C=O) groups is 3. The molecule has 2 amide bonds. The monoisotopic (exact) mass is 554 g/mol. The number of nitrogens with one attached hydrogen (secondary N) is 1.